The second-order valence-corrected chi connectivity index (χ2v) is 6.68. The molecule has 0 saturated carbocycles. The number of aromatic carboxylic acids is 1. The highest BCUT2D eigenvalue weighted by molar-refractivity contribution is 7.12. The van der Waals surface area contributed by atoms with Crippen LogP contribution in [-0.4, -0.2) is 17.0 Å². The molecule has 2 rings (SSSR count). The number of hydrogen-bond acceptors (Lipinski definition) is 3. The zero-order chi connectivity index (χ0) is 15.7. The molecule has 1 aromatic heterocycles. The van der Waals surface area contributed by atoms with Crippen LogP contribution < -0.4 is 5.32 Å². The summed E-state index contributed by atoms with van der Waals surface area (Å²) >= 11 is 13.5. The number of hydrogen-bond donors (Lipinski definition) is 2. The molecule has 7 heteroatoms. The van der Waals surface area contributed by atoms with Crippen molar-refractivity contribution in [3.63, 3.8) is 0 Å². The van der Waals surface area contributed by atoms with Gasteiger partial charge in [0.2, 0.25) is 0 Å². The summed E-state index contributed by atoms with van der Waals surface area (Å²) in [6.45, 7) is 3.76. The summed E-state index contributed by atoms with van der Waals surface area (Å²) < 4.78 is 0. The lowest BCUT2D eigenvalue weighted by molar-refractivity contribution is 0.0696. The summed E-state index contributed by atoms with van der Waals surface area (Å²) in [5.74, 6) is -1.47. The minimum absolute atomic E-state index is 0.0365. The number of carboxylic acid groups (broad SMARTS) is 1. The Hall–Kier alpha value is -1.56. The van der Waals surface area contributed by atoms with Crippen molar-refractivity contribution in [1.82, 2.24) is 0 Å². The van der Waals surface area contributed by atoms with Crippen molar-refractivity contribution in [3.8, 4) is 0 Å². The summed E-state index contributed by atoms with van der Waals surface area (Å²) in [7, 11) is 0. The average molecular weight is 344 g/mol. The van der Waals surface area contributed by atoms with Gasteiger partial charge in [-0.1, -0.05) is 23.2 Å². The topological polar surface area (TPSA) is 66.4 Å². The monoisotopic (exact) mass is 343 g/mol. The SMILES string of the molecule is Cc1cc(C(=O)Nc2c(Cl)cc(C(=O)O)cc2Cl)c(C)s1. The van der Waals surface area contributed by atoms with Crippen molar-refractivity contribution >= 4 is 52.1 Å². The first-order chi connectivity index (χ1) is 9.79. The Labute approximate surface area is 135 Å². The molecule has 0 aliphatic rings. The first kappa shape index (κ1) is 15.8. The summed E-state index contributed by atoms with van der Waals surface area (Å²) in [5.41, 5.74) is 0.717. The van der Waals surface area contributed by atoms with Gasteiger partial charge in [-0.2, -0.15) is 0 Å². The molecule has 2 N–H and O–H groups in total. The first-order valence-corrected chi connectivity index (χ1v) is 7.47. The van der Waals surface area contributed by atoms with Gasteiger partial charge in [0.1, 0.15) is 0 Å². The number of nitrogens with one attached hydrogen (secondary N) is 1. The van der Waals surface area contributed by atoms with Gasteiger partial charge >= 0.3 is 5.97 Å². The highest BCUT2D eigenvalue weighted by atomic mass is 35.5. The summed E-state index contributed by atoms with van der Waals surface area (Å²) in [5, 5.41) is 11.7. The molecule has 0 saturated heterocycles. The van der Waals surface area contributed by atoms with Gasteiger partial charge in [0, 0.05) is 9.75 Å². The molecule has 4 nitrogen and oxygen atoms in total. The van der Waals surface area contributed by atoms with Gasteiger partial charge in [0.15, 0.2) is 0 Å². The molecule has 21 heavy (non-hydrogen) atoms. The van der Waals surface area contributed by atoms with E-state index in [-0.39, 0.29) is 27.2 Å². The van der Waals surface area contributed by atoms with Gasteiger partial charge in [-0.3, -0.25) is 4.79 Å². The van der Waals surface area contributed by atoms with E-state index < -0.39 is 5.97 Å². The van der Waals surface area contributed by atoms with Gasteiger partial charge in [-0.05, 0) is 32.0 Å². The molecule has 1 aromatic carbocycles. The second kappa shape index (κ2) is 6.05. The molecule has 110 valence electrons. The standard InChI is InChI=1S/C14H11Cl2NO3S/c1-6-3-9(7(2)21-6)13(18)17-12-10(15)4-8(14(19)20)5-11(12)16/h3-5H,1-2H3,(H,17,18)(H,19,20). The number of benzene rings is 1. The zero-order valence-corrected chi connectivity index (χ0v) is 13.5. The van der Waals surface area contributed by atoms with Gasteiger partial charge in [0.25, 0.3) is 5.91 Å². The van der Waals surface area contributed by atoms with Crippen molar-refractivity contribution in [2.45, 2.75) is 13.8 Å². The van der Waals surface area contributed by atoms with Crippen LogP contribution in [0.4, 0.5) is 5.69 Å². The number of rotatable bonds is 3. The highest BCUT2D eigenvalue weighted by Gasteiger charge is 2.17. The van der Waals surface area contributed by atoms with Crippen molar-refractivity contribution in [2.75, 3.05) is 5.32 Å². The first-order valence-electron chi connectivity index (χ1n) is 5.90. The van der Waals surface area contributed by atoms with Crippen LogP contribution in [0.2, 0.25) is 10.0 Å². The second-order valence-electron chi connectivity index (χ2n) is 4.40. The lowest BCUT2D eigenvalue weighted by atomic mass is 10.2. The number of amides is 1. The van der Waals surface area contributed by atoms with Crippen LogP contribution in [0.5, 0.6) is 0 Å². The number of carbonyl (C=O) groups excluding carboxylic acids is 1. The molecule has 0 atom stereocenters. The maximum atomic E-state index is 12.2. The van der Waals surface area contributed by atoms with Crippen molar-refractivity contribution in [1.29, 1.82) is 0 Å². The van der Waals surface area contributed by atoms with Crippen LogP contribution >= 0.6 is 34.5 Å². The Morgan fingerprint density at radius 3 is 2.14 bits per heavy atom. The molecule has 0 aliphatic heterocycles. The number of aryl methyl sites for hydroxylation is 2. The van der Waals surface area contributed by atoms with Gasteiger partial charge in [-0.25, -0.2) is 4.79 Å². The number of halogens is 2. The molecule has 0 radical (unpaired) electrons. The molecule has 1 amide bonds. The fraction of sp³-hybridized carbons (Fsp3) is 0.143. The molecule has 2 aromatic rings. The predicted molar refractivity (Wildman–Crippen MR) is 85.2 cm³/mol. The average Bonchev–Trinajstić information content (AvgIpc) is 2.72. The minimum atomic E-state index is -1.14. The maximum absolute atomic E-state index is 12.2. The molecular weight excluding hydrogens is 333 g/mol. The van der Waals surface area contributed by atoms with E-state index >= 15 is 0 Å². The van der Waals surface area contributed by atoms with Crippen LogP contribution in [0.15, 0.2) is 18.2 Å². The fourth-order valence-electron chi connectivity index (χ4n) is 1.85. The third-order valence-corrected chi connectivity index (χ3v) is 4.38. The lowest BCUT2D eigenvalue weighted by Crippen LogP contribution is -2.13. The van der Waals surface area contributed by atoms with E-state index in [2.05, 4.69) is 5.32 Å². The van der Waals surface area contributed by atoms with Crippen LogP contribution in [-0.2, 0) is 0 Å². The van der Waals surface area contributed by atoms with E-state index in [1.165, 1.54) is 23.5 Å². The summed E-state index contributed by atoms with van der Waals surface area (Å²) in [4.78, 5) is 25.1. The lowest BCUT2D eigenvalue weighted by Gasteiger charge is -2.10. The zero-order valence-electron chi connectivity index (χ0n) is 11.2. The molecule has 1 heterocycles. The van der Waals surface area contributed by atoms with Gasteiger partial charge in [-0.15, -0.1) is 11.3 Å². The number of anilines is 1. The van der Waals surface area contributed by atoms with E-state index in [0.29, 0.717) is 5.56 Å². The summed E-state index contributed by atoms with van der Waals surface area (Å²) in [6, 6.07) is 4.27. The molecule has 0 spiro atoms. The number of thiophene rings is 1. The Morgan fingerprint density at radius 1 is 1.14 bits per heavy atom. The molecule has 0 bridgehead atoms. The van der Waals surface area contributed by atoms with Crippen LogP contribution in [0.3, 0.4) is 0 Å². The van der Waals surface area contributed by atoms with Crippen LogP contribution in [0, 0.1) is 13.8 Å². The largest absolute Gasteiger partial charge is 0.478 e. The van der Waals surface area contributed by atoms with E-state index in [9.17, 15) is 9.59 Å². The Balaban J connectivity index is 2.34. The molecule has 0 unspecified atom stereocenters. The van der Waals surface area contributed by atoms with E-state index in [0.717, 1.165) is 9.75 Å². The van der Waals surface area contributed by atoms with Crippen molar-refractivity contribution < 1.29 is 14.7 Å². The highest BCUT2D eigenvalue weighted by Crippen LogP contribution is 2.33. The number of carboxylic acids is 1. The van der Waals surface area contributed by atoms with Crippen molar-refractivity contribution in [3.05, 3.63) is 49.1 Å². The number of carbonyl (C=O) groups is 2. The van der Waals surface area contributed by atoms with E-state index in [1.54, 1.807) is 6.07 Å². The van der Waals surface area contributed by atoms with Crippen LogP contribution in [0.25, 0.3) is 0 Å². The quantitative estimate of drug-likeness (QED) is 0.854. The Morgan fingerprint density at radius 2 is 1.71 bits per heavy atom. The predicted octanol–water partition coefficient (Wildman–Crippen LogP) is 4.62. The van der Waals surface area contributed by atoms with Crippen LogP contribution in [0.1, 0.15) is 30.5 Å². The summed E-state index contributed by atoms with van der Waals surface area (Å²) in [6.07, 6.45) is 0. The minimum Gasteiger partial charge on any atom is -0.478 e. The fourth-order valence-corrected chi connectivity index (χ4v) is 3.36. The van der Waals surface area contributed by atoms with Gasteiger partial charge < -0.3 is 10.4 Å². The van der Waals surface area contributed by atoms with Gasteiger partial charge in [0.05, 0.1) is 26.9 Å². The maximum Gasteiger partial charge on any atom is 0.335 e. The Bertz CT molecular complexity index is 717. The third kappa shape index (κ3) is 3.37. The Kier molecular flexibility index (Phi) is 4.56. The molecule has 0 fully saturated rings. The van der Waals surface area contributed by atoms with E-state index in [1.807, 2.05) is 13.8 Å². The van der Waals surface area contributed by atoms with Crippen molar-refractivity contribution in [2.24, 2.45) is 0 Å². The molecular formula is C14H11Cl2NO3S. The third-order valence-electron chi connectivity index (χ3n) is 2.81. The smallest absolute Gasteiger partial charge is 0.335 e. The van der Waals surface area contributed by atoms with E-state index in [4.69, 9.17) is 28.3 Å². The normalized spacial score (nSPS) is 10.5. The molecule has 0 aliphatic carbocycles.